The number of hydrogen-bond donors (Lipinski definition) is 1. The third kappa shape index (κ3) is 3.00. The molecule has 0 radical (unpaired) electrons. The number of benzene rings is 1. The second-order valence-electron chi connectivity index (χ2n) is 4.13. The van der Waals surface area contributed by atoms with Crippen LogP contribution in [0.1, 0.15) is 12.0 Å². The lowest BCUT2D eigenvalue weighted by Gasteiger charge is -2.13. The molecule has 1 saturated heterocycles. The van der Waals surface area contributed by atoms with Crippen molar-refractivity contribution in [3.05, 3.63) is 27.2 Å². The van der Waals surface area contributed by atoms with E-state index >= 15 is 0 Å². The Morgan fingerprint density at radius 3 is 2.94 bits per heavy atom. The van der Waals surface area contributed by atoms with E-state index < -0.39 is 0 Å². The van der Waals surface area contributed by atoms with E-state index in [0.29, 0.717) is 23.9 Å². The van der Waals surface area contributed by atoms with Gasteiger partial charge < -0.3 is 10.1 Å². The number of rotatable bonds is 2. The average molecular weight is 319 g/mol. The quantitative estimate of drug-likeness (QED) is 0.908. The Morgan fingerprint density at radius 1 is 1.59 bits per heavy atom. The van der Waals surface area contributed by atoms with Crippen LogP contribution < -0.4 is 5.32 Å². The summed E-state index contributed by atoms with van der Waals surface area (Å²) in [6.07, 6.45) is 0.777. The number of ether oxygens (including phenoxy) is 1. The van der Waals surface area contributed by atoms with Crippen molar-refractivity contribution in [3.63, 3.8) is 0 Å². The van der Waals surface area contributed by atoms with Crippen LogP contribution in [-0.2, 0) is 9.53 Å². The van der Waals surface area contributed by atoms with Crippen LogP contribution in [0.25, 0.3) is 0 Å². The Morgan fingerprint density at radius 2 is 2.35 bits per heavy atom. The fourth-order valence-electron chi connectivity index (χ4n) is 1.83. The molecule has 92 valence electrons. The molecule has 0 saturated carbocycles. The lowest BCUT2D eigenvalue weighted by Crippen LogP contribution is -2.23. The van der Waals surface area contributed by atoms with Crippen molar-refractivity contribution in [2.24, 2.45) is 5.92 Å². The van der Waals surface area contributed by atoms with Gasteiger partial charge in [0, 0.05) is 11.1 Å². The van der Waals surface area contributed by atoms with Gasteiger partial charge in [0.2, 0.25) is 5.91 Å². The molecule has 0 aliphatic carbocycles. The van der Waals surface area contributed by atoms with Gasteiger partial charge in [0.1, 0.15) is 0 Å². The normalized spacial score (nSPS) is 19.4. The SMILES string of the molecule is Cc1cc(Br)cc(Cl)c1NC(=O)C1CCOC1. The molecule has 1 atom stereocenters. The van der Waals surface area contributed by atoms with Gasteiger partial charge in [-0.1, -0.05) is 27.5 Å². The summed E-state index contributed by atoms with van der Waals surface area (Å²) in [7, 11) is 0. The number of hydrogen-bond acceptors (Lipinski definition) is 2. The molecule has 1 aliphatic rings. The molecule has 1 N–H and O–H groups in total. The molecule has 2 rings (SSSR count). The van der Waals surface area contributed by atoms with Crippen LogP contribution in [0, 0.1) is 12.8 Å². The number of carbonyl (C=O) groups is 1. The lowest BCUT2D eigenvalue weighted by molar-refractivity contribution is -0.119. The smallest absolute Gasteiger partial charge is 0.229 e. The average Bonchev–Trinajstić information content (AvgIpc) is 2.76. The summed E-state index contributed by atoms with van der Waals surface area (Å²) in [4.78, 5) is 11.9. The van der Waals surface area contributed by atoms with Crippen molar-refractivity contribution in [2.75, 3.05) is 18.5 Å². The van der Waals surface area contributed by atoms with Crippen molar-refractivity contribution in [3.8, 4) is 0 Å². The van der Waals surface area contributed by atoms with Gasteiger partial charge in [0.05, 0.1) is 23.2 Å². The van der Waals surface area contributed by atoms with Crippen LogP contribution in [0.15, 0.2) is 16.6 Å². The highest BCUT2D eigenvalue weighted by Crippen LogP contribution is 2.30. The minimum atomic E-state index is -0.0610. The summed E-state index contributed by atoms with van der Waals surface area (Å²) >= 11 is 9.47. The van der Waals surface area contributed by atoms with Crippen LogP contribution in [0.3, 0.4) is 0 Å². The Labute approximate surface area is 114 Å². The summed E-state index contributed by atoms with van der Waals surface area (Å²) in [5.74, 6) is -0.0797. The molecule has 1 aromatic carbocycles. The van der Waals surface area contributed by atoms with E-state index in [4.69, 9.17) is 16.3 Å². The van der Waals surface area contributed by atoms with E-state index in [1.54, 1.807) is 6.07 Å². The number of anilines is 1. The highest BCUT2D eigenvalue weighted by Gasteiger charge is 2.24. The zero-order chi connectivity index (χ0) is 12.4. The maximum Gasteiger partial charge on any atom is 0.229 e. The maximum atomic E-state index is 11.9. The van der Waals surface area contributed by atoms with E-state index in [1.165, 1.54) is 0 Å². The highest BCUT2D eigenvalue weighted by molar-refractivity contribution is 9.10. The van der Waals surface area contributed by atoms with Crippen LogP contribution in [-0.4, -0.2) is 19.1 Å². The van der Waals surface area contributed by atoms with Gasteiger partial charge in [-0.3, -0.25) is 4.79 Å². The second kappa shape index (κ2) is 5.38. The molecule has 0 bridgehead atoms. The predicted octanol–water partition coefficient (Wildman–Crippen LogP) is 3.39. The monoisotopic (exact) mass is 317 g/mol. The Balaban J connectivity index is 2.15. The van der Waals surface area contributed by atoms with E-state index in [-0.39, 0.29) is 11.8 Å². The zero-order valence-corrected chi connectivity index (χ0v) is 11.8. The summed E-state index contributed by atoms with van der Waals surface area (Å²) in [5, 5.41) is 3.42. The van der Waals surface area contributed by atoms with E-state index in [0.717, 1.165) is 16.5 Å². The number of halogens is 2. The molecule has 1 fully saturated rings. The van der Waals surface area contributed by atoms with Crippen LogP contribution in [0.2, 0.25) is 5.02 Å². The van der Waals surface area contributed by atoms with Crippen LogP contribution >= 0.6 is 27.5 Å². The van der Waals surface area contributed by atoms with Crippen molar-refractivity contribution >= 4 is 39.1 Å². The van der Waals surface area contributed by atoms with Gasteiger partial charge in [-0.25, -0.2) is 0 Å². The Kier molecular flexibility index (Phi) is 4.07. The first-order chi connectivity index (χ1) is 8.08. The van der Waals surface area contributed by atoms with Crippen molar-refractivity contribution in [1.29, 1.82) is 0 Å². The number of amides is 1. The van der Waals surface area contributed by atoms with E-state index in [1.807, 2.05) is 13.0 Å². The highest BCUT2D eigenvalue weighted by atomic mass is 79.9. The molecule has 1 aromatic rings. The molecule has 1 aliphatic heterocycles. The first kappa shape index (κ1) is 12.9. The second-order valence-corrected chi connectivity index (χ2v) is 5.45. The van der Waals surface area contributed by atoms with Gasteiger partial charge in [0.15, 0.2) is 0 Å². The summed E-state index contributed by atoms with van der Waals surface area (Å²) in [6.45, 7) is 3.07. The lowest BCUT2D eigenvalue weighted by atomic mass is 10.1. The topological polar surface area (TPSA) is 38.3 Å². The van der Waals surface area contributed by atoms with Crippen molar-refractivity contribution in [1.82, 2.24) is 0 Å². The van der Waals surface area contributed by atoms with E-state index in [9.17, 15) is 4.79 Å². The third-order valence-electron chi connectivity index (χ3n) is 2.80. The molecular formula is C12H13BrClNO2. The molecule has 1 unspecified atom stereocenters. The third-order valence-corrected chi connectivity index (χ3v) is 3.56. The van der Waals surface area contributed by atoms with Crippen LogP contribution in [0.5, 0.6) is 0 Å². The largest absolute Gasteiger partial charge is 0.381 e. The first-order valence-electron chi connectivity index (χ1n) is 5.42. The minimum Gasteiger partial charge on any atom is -0.381 e. The molecule has 17 heavy (non-hydrogen) atoms. The van der Waals surface area contributed by atoms with Crippen LogP contribution in [0.4, 0.5) is 5.69 Å². The molecule has 0 spiro atoms. The van der Waals surface area contributed by atoms with Crippen molar-refractivity contribution < 1.29 is 9.53 Å². The zero-order valence-electron chi connectivity index (χ0n) is 9.43. The molecule has 0 aromatic heterocycles. The first-order valence-corrected chi connectivity index (χ1v) is 6.59. The molecular weight excluding hydrogens is 305 g/mol. The predicted molar refractivity (Wildman–Crippen MR) is 71.4 cm³/mol. The standard InChI is InChI=1S/C12H13BrClNO2/c1-7-4-9(13)5-10(14)11(7)15-12(16)8-2-3-17-6-8/h4-5,8H,2-3,6H2,1H3,(H,15,16). The fraction of sp³-hybridized carbons (Fsp3) is 0.417. The summed E-state index contributed by atoms with van der Waals surface area (Å²) in [5.41, 5.74) is 1.63. The van der Waals surface area contributed by atoms with Gasteiger partial charge >= 0.3 is 0 Å². The Bertz CT molecular complexity index is 421. The Hall–Kier alpha value is -0.580. The van der Waals surface area contributed by atoms with Gasteiger partial charge in [-0.2, -0.15) is 0 Å². The maximum absolute atomic E-state index is 11.9. The number of carbonyl (C=O) groups excluding carboxylic acids is 1. The number of aryl methyl sites for hydroxylation is 1. The van der Waals surface area contributed by atoms with Gasteiger partial charge in [0.25, 0.3) is 0 Å². The van der Waals surface area contributed by atoms with E-state index in [2.05, 4.69) is 21.2 Å². The minimum absolute atomic E-state index is 0.0187. The van der Waals surface area contributed by atoms with Crippen molar-refractivity contribution in [2.45, 2.75) is 13.3 Å². The molecule has 1 heterocycles. The van der Waals surface area contributed by atoms with Gasteiger partial charge in [-0.05, 0) is 31.0 Å². The van der Waals surface area contributed by atoms with Gasteiger partial charge in [-0.15, -0.1) is 0 Å². The molecule has 3 nitrogen and oxygen atoms in total. The summed E-state index contributed by atoms with van der Waals surface area (Å²) < 4.78 is 6.10. The number of nitrogens with one attached hydrogen (secondary N) is 1. The fourth-order valence-corrected chi connectivity index (χ4v) is 2.85. The molecule has 5 heteroatoms. The summed E-state index contributed by atoms with van der Waals surface area (Å²) in [6, 6.07) is 3.70. The molecule has 1 amide bonds.